The summed E-state index contributed by atoms with van der Waals surface area (Å²) in [6.07, 6.45) is 2.64. The van der Waals surface area contributed by atoms with Gasteiger partial charge in [-0.2, -0.15) is 0 Å². The van der Waals surface area contributed by atoms with Crippen molar-refractivity contribution in [2.45, 2.75) is 20.3 Å². The van der Waals surface area contributed by atoms with Crippen molar-refractivity contribution in [1.82, 2.24) is 0 Å². The van der Waals surface area contributed by atoms with E-state index in [0.29, 0.717) is 11.3 Å². The third kappa shape index (κ3) is 2.06. The number of nitrogens with zero attached hydrogens (tertiary/aromatic N) is 1. The average Bonchev–Trinajstić information content (AvgIpc) is 2.16. The molecule has 0 fully saturated rings. The lowest BCUT2D eigenvalue weighted by Crippen LogP contribution is -2.25. The van der Waals surface area contributed by atoms with Gasteiger partial charge in [0.05, 0.1) is 0 Å². The van der Waals surface area contributed by atoms with Gasteiger partial charge in [-0.3, -0.25) is 4.99 Å². The molecule has 0 radical (unpaired) electrons. The number of aliphatic imine (C=N–C) groups is 1. The number of hydrogen-bond donors (Lipinski definition) is 0. The van der Waals surface area contributed by atoms with E-state index in [1.807, 2.05) is 0 Å². The van der Waals surface area contributed by atoms with Gasteiger partial charge in [0.2, 0.25) is 0 Å². The molecule has 1 aliphatic carbocycles. The van der Waals surface area contributed by atoms with Crippen LogP contribution in [0.3, 0.4) is 0 Å². The van der Waals surface area contributed by atoms with Gasteiger partial charge in [0.25, 0.3) is 0 Å². The van der Waals surface area contributed by atoms with Crippen molar-refractivity contribution in [3.05, 3.63) is 36.0 Å². The van der Waals surface area contributed by atoms with Crippen LogP contribution in [0.5, 0.6) is 0 Å². The molecule has 0 aromatic rings. The maximum Gasteiger partial charge on any atom is 0.131 e. The second kappa shape index (κ2) is 4.09. The molecule has 1 atom stereocenters. The van der Waals surface area contributed by atoms with Gasteiger partial charge in [-0.25, -0.2) is 8.78 Å². The lowest BCUT2D eigenvalue weighted by molar-refractivity contribution is 0.424. The first-order valence-electron chi connectivity index (χ1n) is 4.78. The van der Waals surface area contributed by atoms with E-state index >= 15 is 0 Å². The van der Waals surface area contributed by atoms with Crippen molar-refractivity contribution < 1.29 is 8.78 Å². The zero-order valence-electron chi connectivity index (χ0n) is 9.27. The van der Waals surface area contributed by atoms with Crippen LogP contribution in [0, 0.1) is 5.41 Å². The van der Waals surface area contributed by atoms with Crippen LogP contribution in [0.2, 0.25) is 0 Å². The Kier molecular flexibility index (Phi) is 3.22. The standard InChI is InChI=1S/C12H15F2N/c1-5-12(3)7-9(13)6-10(14)11(12)8(2)15-4/h5-6H,1,7H2,2-4H3/b15-8-/t12-/m1/s1. The summed E-state index contributed by atoms with van der Waals surface area (Å²) in [5, 5.41) is 0. The molecule has 0 amide bonds. The molecule has 0 unspecified atom stereocenters. The van der Waals surface area contributed by atoms with Gasteiger partial charge in [-0.15, -0.1) is 6.58 Å². The second-order valence-corrected chi connectivity index (χ2v) is 3.92. The highest BCUT2D eigenvalue weighted by molar-refractivity contribution is 6.00. The van der Waals surface area contributed by atoms with Gasteiger partial charge < -0.3 is 0 Å². The fourth-order valence-electron chi connectivity index (χ4n) is 1.84. The van der Waals surface area contributed by atoms with Gasteiger partial charge in [-0.1, -0.05) is 13.0 Å². The molecule has 82 valence electrons. The van der Waals surface area contributed by atoms with Crippen molar-refractivity contribution in [3.8, 4) is 0 Å². The Morgan fingerprint density at radius 3 is 2.67 bits per heavy atom. The van der Waals surface area contributed by atoms with Gasteiger partial charge in [0.15, 0.2) is 0 Å². The van der Waals surface area contributed by atoms with E-state index in [2.05, 4.69) is 11.6 Å². The number of allylic oxidation sites excluding steroid dienone is 5. The molecule has 0 aromatic carbocycles. The summed E-state index contributed by atoms with van der Waals surface area (Å²) in [5.41, 5.74) is 0.312. The van der Waals surface area contributed by atoms with Crippen molar-refractivity contribution in [2.75, 3.05) is 7.05 Å². The normalized spacial score (nSPS) is 27.8. The van der Waals surface area contributed by atoms with Gasteiger partial charge in [0, 0.05) is 36.2 Å². The molecule has 0 aliphatic heterocycles. The number of hydrogen-bond acceptors (Lipinski definition) is 1. The molecule has 0 saturated carbocycles. The molecule has 1 rings (SSSR count). The van der Waals surface area contributed by atoms with E-state index in [-0.39, 0.29) is 6.42 Å². The smallest absolute Gasteiger partial charge is 0.131 e. The van der Waals surface area contributed by atoms with Crippen LogP contribution in [0.25, 0.3) is 0 Å². The summed E-state index contributed by atoms with van der Waals surface area (Å²) in [5.74, 6) is -1.01. The van der Waals surface area contributed by atoms with E-state index in [1.54, 1.807) is 27.0 Å². The predicted octanol–water partition coefficient (Wildman–Crippen LogP) is 3.75. The Morgan fingerprint density at radius 1 is 1.60 bits per heavy atom. The van der Waals surface area contributed by atoms with Crippen molar-refractivity contribution in [2.24, 2.45) is 10.4 Å². The lowest BCUT2D eigenvalue weighted by atomic mass is 9.74. The Bertz CT molecular complexity index is 377. The molecular formula is C12H15F2N. The van der Waals surface area contributed by atoms with Gasteiger partial charge in [-0.05, 0) is 6.92 Å². The summed E-state index contributed by atoms with van der Waals surface area (Å²) < 4.78 is 26.8. The molecule has 0 heterocycles. The maximum atomic E-state index is 13.7. The Hall–Kier alpha value is -1.25. The first kappa shape index (κ1) is 11.8. The minimum Gasteiger partial charge on any atom is -0.293 e. The summed E-state index contributed by atoms with van der Waals surface area (Å²) in [4.78, 5) is 3.95. The monoisotopic (exact) mass is 211 g/mol. The molecule has 1 nitrogen and oxygen atoms in total. The van der Waals surface area contributed by atoms with Crippen LogP contribution in [0.15, 0.2) is 41.0 Å². The first-order valence-corrected chi connectivity index (χ1v) is 4.78. The zero-order chi connectivity index (χ0) is 11.6. The molecule has 15 heavy (non-hydrogen) atoms. The summed E-state index contributed by atoms with van der Waals surface area (Å²) in [6, 6.07) is 0. The van der Waals surface area contributed by atoms with E-state index in [9.17, 15) is 8.78 Å². The Balaban J connectivity index is 3.37. The van der Waals surface area contributed by atoms with Crippen LogP contribution < -0.4 is 0 Å². The number of halogens is 2. The maximum absolute atomic E-state index is 13.7. The van der Waals surface area contributed by atoms with Gasteiger partial charge >= 0.3 is 0 Å². The highest BCUT2D eigenvalue weighted by atomic mass is 19.1. The van der Waals surface area contributed by atoms with Crippen LogP contribution in [-0.4, -0.2) is 12.8 Å². The first-order chi connectivity index (χ1) is 6.94. The van der Waals surface area contributed by atoms with Gasteiger partial charge in [0.1, 0.15) is 11.7 Å². The van der Waals surface area contributed by atoms with E-state index in [0.717, 1.165) is 6.08 Å². The highest BCUT2D eigenvalue weighted by Crippen LogP contribution is 2.42. The average molecular weight is 211 g/mol. The van der Waals surface area contributed by atoms with Crippen LogP contribution in [0.4, 0.5) is 8.78 Å². The zero-order valence-corrected chi connectivity index (χ0v) is 9.27. The third-order valence-corrected chi connectivity index (χ3v) is 2.78. The highest BCUT2D eigenvalue weighted by Gasteiger charge is 2.34. The molecular weight excluding hydrogens is 196 g/mol. The Morgan fingerprint density at radius 2 is 2.20 bits per heavy atom. The topological polar surface area (TPSA) is 12.4 Å². The molecule has 0 N–H and O–H groups in total. The van der Waals surface area contributed by atoms with Crippen molar-refractivity contribution in [1.29, 1.82) is 0 Å². The fraction of sp³-hybridized carbons (Fsp3) is 0.417. The predicted molar refractivity (Wildman–Crippen MR) is 59.3 cm³/mol. The minimum atomic E-state index is -0.702. The van der Waals surface area contributed by atoms with E-state index in [4.69, 9.17) is 0 Å². The molecule has 0 spiro atoms. The summed E-state index contributed by atoms with van der Waals surface area (Å²) in [7, 11) is 1.59. The van der Waals surface area contributed by atoms with Crippen LogP contribution in [-0.2, 0) is 0 Å². The largest absolute Gasteiger partial charge is 0.293 e. The van der Waals surface area contributed by atoms with E-state index in [1.165, 1.54) is 0 Å². The third-order valence-electron chi connectivity index (χ3n) is 2.78. The number of rotatable bonds is 2. The molecule has 1 aliphatic rings. The van der Waals surface area contributed by atoms with Crippen LogP contribution >= 0.6 is 0 Å². The lowest BCUT2D eigenvalue weighted by Gasteiger charge is -2.31. The minimum absolute atomic E-state index is 0.145. The van der Waals surface area contributed by atoms with Crippen molar-refractivity contribution >= 4 is 5.71 Å². The quantitative estimate of drug-likeness (QED) is 0.487. The summed E-state index contributed by atoms with van der Waals surface area (Å²) in [6.45, 7) is 7.12. The second-order valence-electron chi connectivity index (χ2n) is 3.92. The Labute approximate surface area is 88.9 Å². The van der Waals surface area contributed by atoms with Crippen molar-refractivity contribution in [3.63, 3.8) is 0 Å². The van der Waals surface area contributed by atoms with Crippen LogP contribution in [0.1, 0.15) is 20.3 Å². The summed E-state index contributed by atoms with van der Waals surface area (Å²) >= 11 is 0. The van der Waals surface area contributed by atoms with E-state index < -0.39 is 17.1 Å². The fourth-order valence-corrected chi connectivity index (χ4v) is 1.84. The molecule has 0 aromatic heterocycles. The molecule has 0 saturated heterocycles. The SMILES string of the molecule is C=C[C@]1(C)CC(F)=CC(F)=C1/C(C)=N\C. The molecule has 0 bridgehead atoms. The molecule has 3 heteroatoms.